The molecule has 0 amide bonds. The van der Waals surface area contributed by atoms with Crippen LogP contribution in [0.3, 0.4) is 0 Å². The highest BCUT2D eigenvalue weighted by molar-refractivity contribution is 7.91. The first-order valence-electron chi connectivity index (χ1n) is 7.91. The maximum absolute atomic E-state index is 12.2. The van der Waals surface area contributed by atoms with E-state index in [9.17, 15) is 13.2 Å². The second-order valence-electron chi connectivity index (χ2n) is 6.15. The SMILES string of the molecule is Cc1nn([C@H]2CCS(=O)(=O)C2)c(C)c1/C=C/C(=O)c1ccccc1. The molecule has 0 N–H and O–H groups in total. The van der Waals surface area contributed by atoms with Crippen LogP contribution in [0.4, 0.5) is 0 Å². The standard InChI is InChI=1S/C18H20N2O3S/c1-13-17(8-9-18(21)15-6-4-3-5-7-15)14(2)20(19-13)16-10-11-24(22,23)12-16/h3-9,16H,10-12H2,1-2H3/b9-8+/t16-/m0/s1. The zero-order valence-corrected chi connectivity index (χ0v) is 14.6. The van der Waals surface area contributed by atoms with Crippen LogP contribution >= 0.6 is 0 Å². The van der Waals surface area contributed by atoms with Crippen molar-refractivity contribution >= 4 is 21.7 Å². The number of aromatic nitrogens is 2. The van der Waals surface area contributed by atoms with Gasteiger partial charge in [0.1, 0.15) is 0 Å². The Morgan fingerprint density at radius 1 is 1.25 bits per heavy atom. The lowest BCUT2D eigenvalue weighted by Crippen LogP contribution is -2.13. The van der Waals surface area contributed by atoms with Gasteiger partial charge in [0.15, 0.2) is 15.6 Å². The van der Waals surface area contributed by atoms with Crippen molar-refractivity contribution in [1.82, 2.24) is 9.78 Å². The summed E-state index contributed by atoms with van der Waals surface area (Å²) in [6.45, 7) is 3.79. The summed E-state index contributed by atoms with van der Waals surface area (Å²) < 4.78 is 25.2. The van der Waals surface area contributed by atoms with Crippen LogP contribution in [-0.2, 0) is 9.84 Å². The van der Waals surface area contributed by atoms with Gasteiger partial charge in [0, 0.05) is 16.8 Å². The van der Waals surface area contributed by atoms with Gasteiger partial charge < -0.3 is 0 Å². The molecule has 1 aliphatic heterocycles. The number of nitrogens with zero attached hydrogens (tertiary/aromatic N) is 2. The van der Waals surface area contributed by atoms with Gasteiger partial charge in [-0.1, -0.05) is 30.3 Å². The number of carbonyl (C=O) groups is 1. The van der Waals surface area contributed by atoms with Crippen molar-refractivity contribution in [3.63, 3.8) is 0 Å². The highest BCUT2D eigenvalue weighted by Crippen LogP contribution is 2.27. The van der Waals surface area contributed by atoms with Gasteiger partial charge >= 0.3 is 0 Å². The van der Waals surface area contributed by atoms with Gasteiger partial charge in [-0.2, -0.15) is 5.10 Å². The van der Waals surface area contributed by atoms with Crippen molar-refractivity contribution in [2.45, 2.75) is 26.3 Å². The molecule has 3 rings (SSSR count). The van der Waals surface area contributed by atoms with E-state index in [0.717, 1.165) is 17.0 Å². The number of ketones is 1. The molecule has 126 valence electrons. The van der Waals surface area contributed by atoms with Crippen LogP contribution in [0.1, 0.15) is 39.8 Å². The summed E-state index contributed by atoms with van der Waals surface area (Å²) in [5.74, 6) is 0.292. The summed E-state index contributed by atoms with van der Waals surface area (Å²) in [6, 6.07) is 8.97. The summed E-state index contributed by atoms with van der Waals surface area (Å²) in [7, 11) is -2.96. The second-order valence-corrected chi connectivity index (χ2v) is 8.38. The molecular formula is C18H20N2O3S. The number of allylic oxidation sites excluding steroid dienone is 1. The first kappa shape index (κ1) is 16.6. The van der Waals surface area contributed by atoms with Crippen molar-refractivity contribution in [1.29, 1.82) is 0 Å². The van der Waals surface area contributed by atoms with Crippen LogP contribution < -0.4 is 0 Å². The fourth-order valence-electron chi connectivity index (χ4n) is 3.10. The summed E-state index contributed by atoms with van der Waals surface area (Å²) >= 11 is 0. The molecule has 0 aliphatic carbocycles. The van der Waals surface area contributed by atoms with E-state index in [-0.39, 0.29) is 23.3 Å². The molecular weight excluding hydrogens is 324 g/mol. The lowest BCUT2D eigenvalue weighted by molar-refractivity contribution is 0.104. The van der Waals surface area contributed by atoms with Crippen molar-refractivity contribution in [2.24, 2.45) is 0 Å². The Labute approximate surface area is 141 Å². The van der Waals surface area contributed by atoms with Crippen LogP contribution in [0, 0.1) is 13.8 Å². The minimum absolute atomic E-state index is 0.0643. The Hall–Kier alpha value is -2.21. The van der Waals surface area contributed by atoms with Crippen LogP contribution in [0.5, 0.6) is 0 Å². The van der Waals surface area contributed by atoms with E-state index in [1.807, 2.05) is 32.0 Å². The van der Waals surface area contributed by atoms with Gasteiger partial charge in [-0.3, -0.25) is 9.48 Å². The molecule has 1 aliphatic rings. The maximum atomic E-state index is 12.2. The molecule has 2 heterocycles. The molecule has 0 unspecified atom stereocenters. The molecule has 1 fully saturated rings. The smallest absolute Gasteiger partial charge is 0.185 e. The number of benzene rings is 1. The van der Waals surface area contributed by atoms with Crippen LogP contribution in [-0.4, -0.2) is 35.5 Å². The molecule has 0 bridgehead atoms. The average molecular weight is 344 g/mol. The van der Waals surface area contributed by atoms with Crippen LogP contribution in [0.25, 0.3) is 6.08 Å². The Bertz CT molecular complexity index is 896. The lowest BCUT2D eigenvalue weighted by atomic mass is 10.1. The maximum Gasteiger partial charge on any atom is 0.185 e. The molecule has 0 spiro atoms. The monoisotopic (exact) mass is 344 g/mol. The Morgan fingerprint density at radius 3 is 2.58 bits per heavy atom. The minimum atomic E-state index is -2.96. The van der Waals surface area contributed by atoms with E-state index < -0.39 is 9.84 Å². The molecule has 0 saturated carbocycles. The van der Waals surface area contributed by atoms with E-state index in [1.54, 1.807) is 29.0 Å². The zero-order valence-electron chi connectivity index (χ0n) is 13.8. The third kappa shape index (κ3) is 3.33. The predicted octanol–water partition coefficient (Wildman–Crippen LogP) is 2.76. The summed E-state index contributed by atoms with van der Waals surface area (Å²) in [5, 5.41) is 4.50. The largest absolute Gasteiger partial charge is 0.289 e. The predicted molar refractivity (Wildman–Crippen MR) is 93.8 cm³/mol. The lowest BCUT2D eigenvalue weighted by Gasteiger charge is -2.10. The Balaban J connectivity index is 1.85. The van der Waals surface area contributed by atoms with Gasteiger partial charge in [-0.15, -0.1) is 0 Å². The van der Waals surface area contributed by atoms with Crippen molar-refractivity contribution in [3.8, 4) is 0 Å². The summed E-state index contributed by atoms with van der Waals surface area (Å²) in [6.07, 6.45) is 3.91. The molecule has 24 heavy (non-hydrogen) atoms. The van der Waals surface area contributed by atoms with Crippen molar-refractivity contribution in [3.05, 3.63) is 58.9 Å². The molecule has 0 radical (unpaired) electrons. The van der Waals surface area contributed by atoms with Crippen LogP contribution in [0.15, 0.2) is 36.4 Å². The topological polar surface area (TPSA) is 69.0 Å². The van der Waals surface area contributed by atoms with Gasteiger partial charge in [0.05, 0.1) is 23.2 Å². The molecule has 1 aromatic carbocycles. The van der Waals surface area contributed by atoms with E-state index in [4.69, 9.17) is 0 Å². The normalized spacial score (nSPS) is 19.8. The Morgan fingerprint density at radius 2 is 1.96 bits per heavy atom. The summed E-state index contributed by atoms with van der Waals surface area (Å²) in [4.78, 5) is 12.2. The van der Waals surface area contributed by atoms with Crippen molar-refractivity contribution < 1.29 is 13.2 Å². The quantitative estimate of drug-likeness (QED) is 0.632. The second kappa shape index (κ2) is 6.36. The highest BCUT2D eigenvalue weighted by Gasteiger charge is 2.31. The molecule has 6 heteroatoms. The van der Waals surface area contributed by atoms with Crippen LogP contribution in [0.2, 0.25) is 0 Å². The number of rotatable bonds is 4. The fourth-order valence-corrected chi connectivity index (χ4v) is 4.79. The molecule has 1 aromatic heterocycles. The van der Waals surface area contributed by atoms with E-state index in [2.05, 4.69) is 5.10 Å². The van der Waals surface area contributed by atoms with Gasteiger partial charge in [-0.05, 0) is 32.4 Å². The van der Waals surface area contributed by atoms with Gasteiger partial charge in [0.2, 0.25) is 0 Å². The van der Waals surface area contributed by atoms with Gasteiger partial charge in [0.25, 0.3) is 0 Å². The molecule has 1 atom stereocenters. The van der Waals surface area contributed by atoms with Gasteiger partial charge in [-0.25, -0.2) is 8.42 Å². The minimum Gasteiger partial charge on any atom is -0.289 e. The fraction of sp³-hybridized carbons (Fsp3) is 0.333. The number of hydrogen-bond acceptors (Lipinski definition) is 4. The average Bonchev–Trinajstić information content (AvgIpc) is 3.05. The van der Waals surface area contributed by atoms with Crippen molar-refractivity contribution in [2.75, 3.05) is 11.5 Å². The highest BCUT2D eigenvalue weighted by atomic mass is 32.2. The third-order valence-electron chi connectivity index (χ3n) is 4.39. The first-order chi connectivity index (χ1) is 11.4. The number of aryl methyl sites for hydroxylation is 1. The van der Waals surface area contributed by atoms with E-state index >= 15 is 0 Å². The third-order valence-corrected chi connectivity index (χ3v) is 6.15. The zero-order chi connectivity index (χ0) is 17.3. The number of sulfone groups is 1. The summed E-state index contributed by atoms with van der Waals surface area (Å²) in [5.41, 5.74) is 3.21. The molecule has 5 nitrogen and oxygen atoms in total. The molecule has 1 saturated heterocycles. The first-order valence-corrected chi connectivity index (χ1v) is 9.73. The van der Waals surface area contributed by atoms with E-state index in [1.165, 1.54) is 0 Å². The number of hydrogen-bond donors (Lipinski definition) is 0. The van der Waals surface area contributed by atoms with E-state index in [0.29, 0.717) is 12.0 Å². The Kier molecular flexibility index (Phi) is 4.41. The number of carbonyl (C=O) groups excluding carboxylic acids is 1. The molecule has 2 aromatic rings.